The lowest BCUT2D eigenvalue weighted by atomic mass is 10.0. The first-order chi connectivity index (χ1) is 18.9. The zero-order valence-corrected chi connectivity index (χ0v) is 22.6. The molecule has 0 aliphatic carbocycles. The molecule has 39 heavy (non-hydrogen) atoms. The van der Waals surface area contributed by atoms with Crippen molar-refractivity contribution in [3.8, 4) is 0 Å². The van der Waals surface area contributed by atoms with E-state index in [1.54, 1.807) is 60.9 Å². The minimum atomic E-state index is 0.0770. The summed E-state index contributed by atoms with van der Waals surface area (Å²) in [7, 11) is 0. The van der Waals surface area contributed by atoms with E-state index >= 15 is 0 Å². The van der Waals surface area contributed by atoms with Crippen LogP contribution < -0.4 is 0 Å². The number of aromatic nitrogens is 1. The summed E-state index contributed by atoms with van der Waals surface area (Å²) in [5.41, 5.74) is 5.14. The van der Waals surface area contributed by atoms with Crippen LogP contribution >= 0.6 is 0 Å². The van der Waals surface area contributed by atoms with Gasteiger partial charge in [-0.15, -0.1) is 0 Å². The number of hydrogen-bond donors (Lipinski definition) is 1. The minimum absolute atomic E-state index is 0.0770. The summed E-state index contributed by atoms with van der Waals surface area (Å²) >= 11 is 0. The topological polar surface area (TPSA) is 49.9 Å². The molecule has 2 aromatic rings. The van der Waals surface area contributed by atoms with Gasteiger partial charge in [0.05, 0.1) is 22.6 Å². The monoisotopic (exact) mass is 513 g/mol. The molecule has 4 heteroatoms. The molecule has 0 spiro atoms. The maximum absolute atomic E-state index is 10.7. The predicted octanol–water partition coefficient (Wildman–Crippen LogP) is 9.34. The van der Waals surface area contributed by atoms with Gasteiger partial charge in [-0.2, -0.15) is 0 Å². The Kier molecular flexibility index (Phi) is 11.6. The second-order valence-corrected chi connectivity index (χ2v) is 7.93. The van der Waals surface area contributed by atoms with E-state index < -0.39 is 0 Å². The normalized spacial score (nSPS) is 13.6. The number of aliphatic imine (C=N–C) groups is 2. The van der Waals surface area contributed by atoms with Crippen LogP contribution in [0.4, 0.5) is 0 Å². The van der Waals surface area contributed by atoms with E-state index in [0.717, 1.165) is 27.7 Å². The highest BCUT2D eigenvalue weighted by molar-refractivity contribution is 6.13. The summed E-state index contributed by atoms with van der Waals surface area (Å²) in [6.45, 7) is 29.0. The zero-order valence-electron chi connectivity index (χ0n) is 22.6. The molecule has 1 aromatic heterocycles. The number of fused-ring (bicyclic) bond motifs is 1. The highest BCUT2D eigenvalue weighted by Gasteiger charge is 2.18. The van der Waals surface area contributed by atoms with Crippen LogP contribution in [-0.2, 0) is 0 Å². The first-order valence-electron chi connectivity index (χ1n) is 12.3. The van der Waals surface area contributed by atoms with Crippen molar-refractivity contribution in [2.24, 2.45) is 9.98 Å². The van der Waals surface area contributed by atoms with Gasteiger partial charge in [-0.25, -0.2) is 4.99 Å². The number of benzene rings is 1. The molecule has 1 N–H and O–H groups in total. The fraction of sp³-hybridized carbons (Fsp3) is 0.0286. The predicted molar refractivity (Wildman–Crippen MR) is 174 cm³/mol. The van der Waals surface area contributed by atoms with Crippen molar-refractivity contribution in [3.05, 3.63) is 166 Å². The molecule has 2 rings (SSSR count). The van der Waals surface area contributed by atoms with Gasteiger partial charge in [0.1, 0.15) is 11.6 Å². The fourth-order valence-corrected chi connectivity index (χ4v) is 3.94. The van der Waals surface area contributed by atoms with Crippen molar-refractivity contribution < 1.29 is 5.11 Å². The van der Waals surface area contributed by atoms with E-state index in [2.05, 4.69) is 51.0 Å². The second-order valence-electron chi connectivity index (χ2n) is 7.93. The minimum Gasteiger partial charge on any atom is -0.507 e. The van der Waals surface area contributed by atoms with E-state index in [1.807, 2.05) is 47.9 Å². The molecule has 0 atom stereocenters. The summed E-state index contributed by atoms with van der Waals surface area (Å²) in [6, 6.07) is 5.94. The molecule has 0 unspecified atom stereocenters. The molecule has 1 aromatic carbocycles. The van der Waals surface area contributed by atoms with Crippen LogP contribution in [0, 0.1) is 0 Å². The third-order valence-corrected chi connectivity index (χ3v) is 5.54. The number of aliphatic hydroxyl groups excluding tert-OH is 1. The summed E-state index contributed by atoms with van der Waals surface area (Å²) in [6.07, 6.45) is 23.9. The summed E-state index contributed by atoms with van der Waals surface area (Å²) in [4.78, 5) is 9.40. The third-order valence-electron chi connectivity index (χ3n) is 5.54. The third kappa shape index (κ3) is 6.96. The molecule has 0 amide bonds. The molecular weight excluding hydrogens is 478 g/mol. The van der Waals surface area contributed by atoms with E-state index in [9.17, 15) is 5.11 Å². The van der Waals surface area contributed by atoms with Gasteiger partial charge in [-0.1, -0.05) is 101 Å². The first-order valence-corrected chi connectivity index (χ1v) is 12.3. The Morgan fingerprint density at radius 2 is 1.62 bits per heavy atom. The number of nitrogens with zero attached hydrogens (tertiary/aromatic N) is 3. The Hall–Kier alpha value is -5.22. The Morgan fingerprint density at radius 3 is 2.18 bits per heavy atom. The van der Waals surface area contributed by atoms with E-state index in [1.165, 1.54) is 6.08 Å². The van der Waals surface area contributed by atoms with E-state index in [-0.39, 0.29) is 5.76 Å². The molecule has 0 radical (unpaired) electrons. The maximum atomic E-state index is 10.7. The van der Waals surface area contributed by atoms with Crippen molar-refractivity contribution in [1.29, 1.82) is 0 Å². The zero-order chi connectivity index (χ0) is 28.8. The second kappa shape index (κ2) is 15.1. The summed E-state index contributed by atoms with van der Waals surface area (Å²) < 4.78 is 2.00. The van der Waals surface area contributed by atoms with Gasteiger partial charge >= 0.3 is 0 Å². The molecule has 0 fully saturated rings. The smallest absolute Gasteiger partial charge is 0.137 e. The molecule has 0 aliphatic rings. The average Bonchev–Trinajstić information content (AvgIpc) is 3.24. The molecule has 0 aliphatic heterocycles. The molecule has 4 nitrogen and oxygen atoms in total. The lowest BCUT2D eigenvalue weighted by Crippen LogP contribution is -2.13. The number of aliphatic hydroxyl groups is 1. The van der Waals surface area contributed by atoms with Crippen LogP contribution in [0.5, 0.6) is 0 Å². The number of hydrogen-bond acceptors (Lipinski definition) is 3. The van der Waals surface area contributed by atoms with Crippen LogP contribution in [0.2, 0.25) is 0 Å². The molecule has 0 saturated heterocycles. The lowest BCUT2D eigenvalue weighted by molar-refractivity contribution is 0.438. The molecule has 196 valence electrons. The Labute approximate surface area is 232 Å². The van der Waals surface area contributed by atoms with Gasteiger partial charge in [0.2, 0.25) is 0 Å². The number of rotatable bonds is 13. The van der Waals surface area contributed by atoms with Crippen molar-refractivity contribution in [1.82, 2.24) is 4.57 Å². The average molecular weight is 514 g/mol. The summed E-state index contributed by atoms with van der Waals surface area (Å²) in [5, 5.41) is 11.6. The van der Waals surface area contributed by atoms with Crippen molar-refractivity contribution in [2.75, 3.05) is 0 Å². The Morgan fingerprint density at radius 1 is 0.897 bits per heavy atom. The Bertz CT molecular complexity index is 1520. The highest BCUT2D eigenvalue weighted by atomic mass is 16.3. The SMILES string of the molecule is C=C\C=C/N=C(C=C)/C(=C/C=C)/N=C(\C=C)n1c(/C=C\C)c(C=C)c2ccc(C(=C/C=C)/C(O)=C\C=C)cc21. The molecule has 0 bridgehead atoms. The van der Waals surface area contributed by atoms with Crippen LogP contribution in [0.25, 0.3) is 28.6 Å². The van der Waals surface area contributed by atoms with Crippen molar-refractivity contribution >= 4 is 40.2 Å². The van der Waals surface area contributed by atoms with Gasteiger partial charge in [0.25, 0.3) is 0 Å². The highest BCUT2D eigenvalue weighted by Crippen LogP contribution is 2.33. The lowest BCUT2D eigenvalue weighted by Gasteiger charge is -2.12. The maximum Gasteiger partial charge on any atom is 0.137 e. The van der Waals surface area contributed by atoms with Crippen molar-refractivity contribution in [2.45, 2.75) is 6.92 Å². The quantitative estimate of drug-likeness (QED) is 0.123. The number of allylic oxidation sites excluding steroid dienone is 12. The van der Waals surface area contributed by atoms with E-state index in [0.29, 0.717) is 22.8 Å². The largest absolute Gasteiger partial charge is 0.507 e. The van der Waals surface area contributed by atoms with Gasteiger partial charge < -0.3 is 5.11 Å². The fourth-order valence-electron chi connectivity index (χ4n) is 3.94. The van der Waals surface area contributed by atoms with Crippen LogP contribution in [-0.4, -0.2) is 21.2 Å². The first kappa shape index (κ1) is 30.0. The Balaban J connectivity index is 3.04. The van der Waals surface area contributed by atoms with Crippen molar-refractivity contribution in [3.63, 3.8) is 0 Å². The molecule has 0 saturated carbocycles. The molecular formula is C35H35N3O. The van der Waals surface area contributed by atoms with Gasteiger partial charge in [0, 0.05) is 22.7 Å². The van der Waals surface area contributed by atoms with Crippen LogP contribution in [0.3, 0.4) is 0 Å². The van der Waals surface area contributed by atoms with E-state index in [4.69, 9.17) is 4.99 Å². The van der Waals surface area contributed by atoms with Gasteiger partial charge in [-0.05, 0) is 55.0 Å². The molecule has 1 heterocycles. The summed E-state index contributed by atoms with van der Waals surface area (Å²) in [5.74, 6) is 0.627. The van der Waals surface area contributed by atoms with Gasteiger partial charge in [0.15, 0.2) is 0 Å². The van der Waals surface area contributed by atoms with Gasteiger partial charge in [-0.3, -0.25) is 9.56 Å². The van der Waals surface area contributed by atoms with Crippen LogP contribution in [0.1, 0.15) is 23.7 Å². The van der Waals surface area contributed by atoms with Crippen LogP contribution in [0.15, 0.2) is 159 Å². The standard InChI is InChI=1S/C35H35N3O/c1-9-17-24-36-30(15-7)31(19-11-3)37-35(16-8)38-32(20-12-4)27(14-6)29-23-22-26(25-33(29)38)28(18-10-2)34(39)21-13-5/h9-25,39H,1-3,5-8H2,4H3/b20-12-,24-17-,28-18-,31-19-,34-21+,36-30+,37-35+.